The first kappa shape index (κ1) is 13.5. The maximum Gasteiger partial charge on any atom is 0.224 e. The van der Waals surface area contributed by atoms with Gasteiger partial charge in [-0.25, -0.2) is 0 Å². The number of nitrogens with two attached hydrogens (primary N) is 1. The molecule has 0 aliphatic carbocycles. The summed E-state index contributed by atoms with van der Waals surface area (Å²) in [6.07, 6.45) is 5.46. The van der Waals surface area contributed by atoms with Gasteiger partial charge in [0.25, 0.3) is 0 Å². The van der Waals surface area contributed by atoms with Crippen LogP contribution in [0.3, 0.4) is 0 Å². The minimum atomic E-state index is -0.0462. The van der Waals surface area contributed by atoms with Crippen molar-refractivity contribution in [1.29, 1.82) is 0 Å². The number of rotatable bonds is 4. The molecule has 0 spiro atoms. The largest absolute Gasteiger partial charge is 0.394 e. The summed E-state index contributed by atoms with van der Waals surface area (Å²) in [4.78, 5) is 13.9. The van der Waals surface area contributed by atoms with Crippen LogP contribution >= 0.6 is 0 Å². The fourth-order valence-corrected chi connectivity index (χ4v) is 2.18. The molecule has 0 aromatic heterocycles. The summed E-state index contributed by atoms with van der Waals surface area (Å²) in [6.45, 7) is 2.84. The van der Waals surface area contributed by atoms with Crippen LogP contribution in [0.25, 0.3) is 0 Å². The van der Waals surface area contributed by atoms with Gasteiger partial charge in [0.2, 0.25) is 5.91 Å². The Bertz CT molecular complexity index is 221. The molecule has 1 fully saturated rings. The Labute approximate surface area is 97.8 Å². The SMILES string of the molecule is CCC(N)CC(=O)N1CCCCCC1CO. The summed E-state index contributed by atoms with van der Waals surface area (Å²) in [5, 5.41) is 9.30. The number of nitrogens with zero attached hydrogens (tertiary/aromatic N) is 1. The van der Waals surface area contributed by atoms with Gasteiger partial charge < -0.3 is 15.7 Å². The highest BCUT2D eigenvalue weighted by Gasteiger charge is 2.25. The van der Waals surface area contributed by atoms with Crippen molar-refractivity contribution in [2.24, 2.45) is 5.73 Å². The van der Waals surface area contributed by atoms with Gasteiger partial charge in [0, 0.05) is 19.0 Å². The van der Waals surface area contributed by atoms with Crippen LogP contribution in [-0.2, 0) is 4.79 Å². The van der Waals surface area contributed by atoms with Crippen molar-refractivity contribution < 1.29 is 9.90 Å². The van der Waals surface area contributed by atoms with Gasteiger partial charge in [-0.3, -0.25) is 4.79 Å². The predicted octanol–water partition coefficient (Wildman–Crippen LogP) is 0.877. The topological polar surface area (TPSA) is 66.6 Å². The summed E-state index contributed by atoms with van der Waals surface area (Å²) >= 11 is 0. The molecule has 2 atom stereocenters. The lowest BCUT2D eigenvalue weighted by Gasteiger charge is -2.29. The fraction of sp³-hybridized carbons (Fsp3) is 0.917. The van der Waals surface area contributed by atoms with E-state index in [0.717, 1.165) is 38.6 Å². The third-order valence-corrected chi connectivity index (χ3v) is 3.37. The number of amides is 1. The van der Waals surface area contributed by atoms with Gasteiger partial charge in [0.15, 0.2) is 0 Å². The van der Waals surface area contributed by atoms with E-state index in [9.17, 15) is 9.90 Å². The van der Waals surface area contributed by atoms with E-state index in [-0.39, 0.29) is 24.6 Å². The second kappa shape index (κ2) is 6.86. The minimum absolute atomic E-state index is 0.0130. The van der Waals surface area contributed by atoms with Crippen LogP contribution in [0.4, 0.5) is 0 Å². The van der Waals surface area contributed by atoms with Crippen molar-refractivity contribution >= 4 is 5.91 Å². The van der Waals surface area contributed by atoms with E-state index in [2.05, 4.69) is 0 Å². The Hall–Kier alpha value is -0.610. The van der Waals surface area contributed by atoms with Crippen molar-refractivity contribution in [2.45, 2.75) is 57.5 Å². The van der Waals surface area contributed by atoms with Gasteiger partial charge >= 0.3 is 0 Å². The van der Waals surface area contributed by atoms with Crippen LogP contribution < -0.4 is 5.73 Å². The number of likely N-dealkylation sites (tertiary alicyclic amines) is 1. The van der Waals surface area contributed by atoms with Crippen molar-refractivity contribution in [3.8, 4) is 0 Å². The predicted molar refractivity (Wildman–Crippen MR) is 63.9 cm³/mol. The summed E-state index contributed by atoms with van der Waals surface area (Å²) in [5.74, 6) is 0.107. The first-order valence-corrected chi connectivity index (χ1v) is 6.35. The molecule has 4 heteroatoms. The third-order valence-electron chi connectivity index (χ3n) is 3.37. The molecule has 2 unspecified atom stereocenters. The molecule has 1 heterocycles. The Morgan fingerprint density at radius 1 is 1.50 bits per heavy atom. The Morgan fingerprint density at radius 2 is 2.25 bits per heavy atom. The standard InChI is InChI=1S/C12H24N2O2/c1-2-10(13)8-12(16)14-7-5-3-4-6-11(14)9-15/h10-11,15H,2-9,13H2,1H3. The molecule has 16 heavy (non-hydrogen) atoms. The van der Waals surface area contributed by atoms with E-state index in [1.54, 1.807) is 0 Å². The van der Waals surface area contributed by atoms with E-state index in [1.165, 1.54) is 0 Å². The molecule has 0 radical (unpaired) electrons. The molecule has 0 bridgehead atoms. The van der Waals surface area contributed by atoms with E-state index < -0.39 is 0 Å². The van der Waals surface area contributed by atoms with Crippen molar-refractivity contribution in [3.05, 3.63) is 0 Å². The van der Waals surface area contributed by atoms with Gasteiger partial charge in [0.05, 0.1) is 12.6 Å². The maximum absolute atomic E-state index is 12.0. The Kier molecular flexibility index (Phi) is 5.77. The van der Waals surface area contributed by atoms with E-state index in [4.69, 9.17) is 5.73 Å². The van der Waals surface area contributed by atoms with Crippen LogP contribution in [0, 0.1) is 0 Å². The molecule has 0 aromatic rings. The number of aliphatic hydroxyl groups excluding tert-OH is 1. The zero-order valence-electron chi connectivity index (χ0n) is 10.2. The van der Waals surface area contributed by atoms with Crippen molar-refractivity contribution in [3.63, 3.8) is 0 Å². The molecule has 1 aliphatic rings. The van der Waals surface area contributed by atoms with Crippen molar-refractivity contribution in [1.82, 2.24) is 4.90 Å². The average molecular weight is 228 g/mol. The molecule has 94 valence electrons. The van der Waals surface area contributed by atoms with E-state index >= 15 is 0 Å². The monoisotopic (exact) mass is 228 g/mol. The van der Waals surface area contributed by atoms with Crippen molar-refractivity contribution in [2.75, 3.05) is 13.2 Å². The van der Waals surface area contributed by atoms with Gasteiger partial charge in [-0.05, 0) is 19.3 Å². The molecule has 0 aromatic carbocycles. The number of carbonyl (C=O) groups is 1. The van der Waals surface area contributed by atoms with E-state index in [1.807, 2.05) is 11.8 Å². The molecular formula is C12H24N2O2. The molecule has 4 nitrogen and oxygen atoms in total. The first-order chi connectivity index (χ1) is 7.69. The lowest BCUT2D eigenvalue weighted by atomic mass is 10.1. The summed E-state index contributed by atoms with van der Waals surface area (Å²) in [5.41, 5.74) is 5.80. The molecular weight excluding hydrogens is 204 g/mol. The van der Waals surface area contributed by atoms with Crippen LogP contribution in [-0.4, -0.2) is 41.1 Å². The van der Waals surface area contributed by atoms with E-state index in [0.29, 0.717) is 6.42 Å². The number of hydrogen-bond donors (Lipinski definition) is 2. The molecule has 1 amide bonds. The Morgan fingerprint density at radius 3 is 2.88 bits per heavy atom. The van der Waals surface area contributed by atoms with Crippen LogP contribution in [0.1, 0.15) is 45.4 Å². The molecule has 1 rings (SSSR count). The third kappa shape index (κ3) is 3.76. The lowest BCUT2D eigenvalue weighted by Crippen LogP contribution is -2.44. The Balaban J connectivity index is 2.55. The second-order valence-electron chi connectivity index (χ2n) is 4.65. The second-order valence-corrected chi connectivity index (χ2v) is 4.65. The summed E-state index contributed by atoms with van der Waals surface area (Å²) in [6, 6.07) is -0.0332. The number of hydrogen-bond acceptors (Lipinski definition) is 3. The maximum atomic E-state index is 12.0. The summed E-state index contributed by atoms with van der Waals surface area (Å²) in [7, 11) is 0. The molecule has 3 N–H and O–H groups in total. The molecule has 0 saturated carbocycles. The smallest absolute Gasteiger partial charge is 0.224 e. The highest BCUT2D eigenvalue weighted by atomic mass is 16.3. The quantitative estimate of drug-likeness (QED) is 0.750. The highest BCUT2D eigenvalue weighted by molar-refractivity contribution is 5.77. The first-order valence-electron chi connectivity index (χ1n) is 6.35. The van der Waals surface area contributed by atoms with Crippen LogP contribution in [0.2, 0.25) is 0 Å². The fourth-order valence-electron chi connectivity index (χ4n) is 2.18. The van der Waals surface area contributed by atoms with Crippen LogP contribution in [0.5, 0.6) is 0 Å². The lowest BCUT2D eigenvalue weighted by molar-refractivity contribution is -0.134. The van der Waals surface area contributed by atoms with Gasteiger partial charge in [-0.2, -0.15) is 0 Å². The molecule has 1 aliphatic heterocycles. The minimum Gasteiger partial charge on any atom is -0.394 e. The van der Waals surface area contributed by atoms with Gasteiger partial charge in [-0.15, -0.1) is 0 Å². The number of carbonyl (C=O) groups excluding carboxylic acids is 1. The highest BCUT2D eigenvalue weighted by Crippen LogP contribution is 2.17. The summed E-state index contributed by atoms with van der Waals surface area (Å²) < 4.78 is 0. The normalized spacial score (nSPS) is 23.9. The van der Waals surface area contributed by atoms with Gasteiger partial charge in [-0.1, -0.05) is 19.8 Å². The molecule has 1 saturated heterocycles. The van der Waals surface area contributed by atoms with Crippen LogP contribution in [0.15, 0.2) is 0 Å². The number of aliphatic hydroxyl groups is 1. The zero-order chi connectivity index (χ0) is 12.0. The average Bonchev–Trinajstić information content (AvgIpc) is 2.53. The zero-order valence-corrected chi connectivity index (χ0v) is 10.2. The van der Waals surface area contributed by atoms with Gasteiger partial charge in [0.1, 0.15) is 0 Å².